The Kier molecular flexibility index (Phi) is 7.01. The summed E-state index contributed by atoms with van der Waals surface area (Å²) in [5, 5.41) is 2.65. The molecular formula is C29H31F2N5O3. The molecule has 0 spiro atoms. The second-order valence-electron chi connectivity index (χ2n) is 10.4. The summed E-state index contributed by atoms with van der Waals surface area (Å²) in [6, 6.07) is 8.81. The van der Waals surface area contributed by atoms with Crippen molar-refractivity contribution >= 4 is 11.7 Å². The third-order valence-corrected chi connectivity index (χ3v) is 7.96. The first kappa shape index (κ1) is 25.8. The van der Waals surface area contributed by atoms with Gasteiger partial charge in [0.1, 0.15) is 17.2 Å². The van der Waals surface area contributed by atoms with Gasteiger partial charge in [-0.1, -0.05) is 12.1 Å². The number of methoxy groups -OCH3 is 1. The fraction of sp³-hybridized carbons (Fsp3) is 0.414. The van der Waals surface area contributed by atoms with Crippen LogP contribution in [-0.4, -0.2) is 66.8 Å². The number of halogens is 2. The van der Waals surface area contributed by atoms with Crippen molar-refractivity contribution < 1.29 is 23.0 Å². The van der Waals surface area contributed by atoms with Crippen molar-refractivity contribution in [2.45, 2.75) is 37.8 Å². The molecule has 3 N–H and O–H groups in total. The highest BCUT2D eigenvalue weighted by atomic mass is 19.1. The van der Waals surface area contributed by atoms with Gasteiger partial charge in [0.15, 0.2) is 5.82 Å². The van der Waals surface area contributed by atoms with Gasteiger partial charge in [0.2, 0.25) is 5.95 Å². The van der Waals surface area contributed by atoms with E-state index >= 15 is 4.39 Å². The second kappa shape index (κ2) is 10.6. The third kappa shape index (κ3) is 4.99. The van der Waals surface area contributed by atoms with E-state index in [1.807, 2.05) is 12.1 Å². The zero-order chi connectivity index (χ0) is 27.1. The summed E-state index contributed by atoms with van der Waals surface area (Å²) in [6.07, 6.45) is 2.58. The molecule has 3 aromatic rings. The number of rotatable bonds is 6. The smallest absolute Gasteiger partial charge is 0.254 e. The fourth-order valence-electron chi connectivity index (χ4n) is 5.81. The maximum absolute atomic E-state index is 15.2. The van der Waals surface area contributed by atoms with Gasteiger partial charge in [-0.3, -0.25) is 9.69 Å². The predicted octanol–water partition coefficient (Wildman–Crippen LogP) is 3.68. The molecule has 1 aromatic heterocycles. The lowest BCUT2D eigenvalue weighted by Crippen LogP contribution is -2.51. The van der Waals surface area contributed by atoms with Crippen molar-refractivity contribution in [3.05, 3.63) is 64.4 Å². The zero-order valence-corrected chi connectivity index (χ0v) is 21.8. The molecule has 39 heavy (non-hydrogen) atoms. The molecule has 10 heteroatoms. The van der Waals surface area contributed by atoms with Gasteiger partial charge in [0.05, 0.1) is 11.7 Å². The van der Waals surface area contributed by atoms with Crippen molar-refractivity contribution in [3.8, 4) is 22.5 Å². The van der Waals surface area contributed by atoms with Gasteiger partial charge >= 0.3 is 0 Å². The van der Waals surface area contributed by atoms with Crippen LogP contribution < -0.4 is 11.1 Å². The minimum absolute atomic E-state index is 0.0221. The number of ether oxygens (including phenoxy) is 2. The number of nitrogens with one attached hydrogen (secondary N) is 1. The van der Waals surface area contributed by atoms with Gasteiger partial charge in [-0.15, -0.1) is 0 Å². The summed E-state index contributed by atoms with van der Waals surface area (Å²) >= 11 is 0. The number of aromatic nitrogens is 2. The van der Waals surface area contributed by atoms with Crippen LogP contribution in [0.5, 0.6) is 0 Å². The first-order valence-electron chi connectivity index (χ1n) is 13.3. The number of anilines is 1. The van der Waals surface area contributed by atoms with E-state index in [2.05, 4.69) is 26.3 Å². The molecule has 3 aliphatic rings. The summed E-state index contributed by atoms with van der Waals surface area (Å²) < 4.78 is 41.2. The molecule has 4 heterocycles. The number of amides is 1. The van der Waals surface area contributed by atoms with Crippen LogP contribution in [0, 0.1) is 11.8 Å². The lowest BCUT2D eigenvalue weighted by Gasteiger charge is -2.39. The maximum Gasteiger partial charge on any atom is 0.254 e. The number of likely N-dealkylation sites (tertiary alicyclic amines) is 1. The van der Waals surface area contributed by atoms with E-state index in [-0.39, 0.29) is 28.9 Å². The Morgan fingerprint density at radius 3 is 2.67 bits per heavy atom. The Bertz CT molecular complexity index is 1420. The highest BCUT2D eigenvalue weighted by Gasteiger charge is 2.29. The van der Waals surface area contributed by atoms with Crippen molar-refractivity contribution in [1.82, 2.24) is 20.2 Å². The Hall–Kier alpha value is -3.47. The van der Waals surface area contributed by atoms with E-state index in [1.165, 1.54) is 11.6 Å². The quantitative estimate of drug-likeness (QED) is 0.497. The number of fused-ring (bicyclic) bond motifs is 1. The molecular weight excluding hydrogens is 504 g/mol. The van der Waals surface area contributed by atoms with E-state index < -0.39 is 17.7 Å². The summed E-state index contributed by atoms with van der Waals surface area (Å²) in [6.45, 7) is 4.26. The molecule has 1 amide bonds. The van der Waals surface area contributed by atoms with Gasteiger partial charge in [-0.25, -0.2) is 9.37 Å². The molecule has 0 aliphatic carbocycles. The first-order chi connectivity index (χ1) is 18.9. The normalized spacial score (nSPS) is 18.5. The molecule has 204 valence electrons. The lowest BCUT2D eigenvalue weighted by molar-refractivity contribution is -0.0335. The van der Waals surface area contributed by atoms with Crippen LogP contribution in [0.3, 0.4) is 0 Å². The molecule has 6 rings (SSSR count). The molecule has 3 aliphatic heterocycles. The van der Waals surface area contributed by atoms with E-state index in [9.17, 15) is 9.18 Å². The number of hydrogen-bond acceptors (Lipinski definition) is 7. The average Bonchev–Trinajstić information content (AvgIpc) is 2.91. The number of hydrogen-bond donors (Lipinski definition) is 2. The highest BCUT2D eigenvalue weighted by molar-refractivity contribution is 5.97. The van der Waals surface area contributed by atoms with Crippen LogP contribution >= 0.6 is 0 Å². The van der Waals surface area contributed by atoms with E-state index in [4.69, 9.17) is 15.2 Å². The number of benzene rings is 2. The van der Waals surface area contributed by atoms with Crippen molar-refractivity contribution in [3.63, 3.8) is 0 Å². The Balaban J connectivity index is 1.39. The van der Waals surface area contributed by atoms with Gasteiger partial charge in [0.25, 0.3) is 5.91 Å². The lowest BCUT2D eigenvalue weighted by atomic mass is 9.86. The Morgan fingerprint density at radius 1 is 1.10 bits per heavy atom. The van der Waals surface area contributed by atoms with Crippen LogP contribution in [0.2, 0.25) is 0 Å². The van der Waals surface area contributed by atoms with Crippen molar-refractivity contribution in [2.24, 2.45) is 0 Å². The number of nitrogen functional groups attached to an aromatic ring is 1. The van der Waals surface area contributed by atoms with Crippen molar-refractivity contribution in [2.75, 3.05) is 45.7 Å². The molecule has 0 bridgehead atoms. The molecule has 8 nitrogen and oxygen atoms in total. The summed E-state index contributed by atoms with van der Waals surface area (Å²) in [5.41, 5.74) is 10.2. The van der Waals surface area contributed by atoms with Gasteiger partial charge in [0, 0.05) is 57.6 Å². The summed E-state index contributed by atoms with van der Waals surface area (Å²) in [5.74, 6) is -1.67. The van der Waals surface area contributed by atoms with E-state index in [1.54, 1.807) is 13.2 Å². The van der Waals surface area contributed by atoms with Crippen LogP contribution in [0.1, 0.15) is 45.8 Å². The molecule has 0 atom stereocenters. The van der Waals surface area contributed by atoms with Gasteiger partial charge < -0.3 is 20.5 Å². The first-order valence-corrected chi connectivity index (χ1v) is 13.3. The number of nitrogens with two attached hydrogens (primary N) is 1. The molecule has 0 unspecified atom stereocenters. The monoisotopic (exact) mass is 535 g/mol. The van der Waals surface area contributed by atoms with Crippen LogP contribution in [0.15, 0.2) is 30.3 Å². The van der Waals surface area contributed by atoms with Crippen LogP contribution in [-0.2, 0) is 22.4 Å². The van der Waals surface area contributed by atoms with Gasteiger partial charge in [-0.05, 0) is 60.1 Å². The summed E-state index contributed by atoms with van der Waals surface area (Å²) in [7, 11) is 1.72. The third-order valence-electron chi connectivity index (χ3n) is 7.96. The van der Waals surface area contributed by atoms with Crippen LogP contribution in [0.25, 0.3) is 22.5 Å². The number of carbonyl (C=O) groups is 1. The average molecular weight is 536 g/mol. The largest absolute Gasteiger partial charge is 0.382 e. The predicted molar refractivity (Wildman–Crippen MR) is 142 cm³/mol. The fourth-order valence-corrected chi connectivity index (χ4v) is 5.81. The minimum atomic E-state index is -0.790. The minimum Gasteiger partial charge on any atom is -0.382 e. The Labute approximate surface area is 225 Å². The molecule has 0 saturated carbocycles. The maximum atomic E-state index is 15.2. The SMILES string of the molecule is COC1CN(Cc2cc(-c3nc(-c4cc(F)c5c(c4)CCNC5=O)c(N)nc3F)ccc2C2CCOCC2)C1. The topological polar surface area (TPSA) is 103 Å². The van der Waals surface area contributed by atoms with E-state index in [0.717, 1.165) is 51.3 Å². The highest BCUT2D eigenvalue weighted by Crippen LogP contribution is 2.36. The van der Waals surface area contributed by atoms with E-state index in [0.29, 0.717) is 35.6 Å². The molecule has 0 radical (unpaired) electrons. The second-order valence-corrected chi connectivity index (χ2v) is 10.4. The van der Waals surface area contributed by atoms with Crippen molar-refractivity contribution in [1.29, 1.82) is 0 Å². The summed E-state index contributed by atoms with van der Waals surface area (Å²) in [4.78, 5) is 22.9. The Morgan fingerprint density at radius 2 is 1.90 bits per heavy atom. The van der Waals surface area contributed by atoms with Crippen LogP contribution in [0.4, 0.5) is 14.6 Å². The molecule has 2 aromatic carbocycles. The number of nitrogens with zero attached hydrogens (tertiary/aromatic N) is 3. The number of carbonyl (C=O) groups excluding carboxylic acids is 1. The standard InChI is InChI=1S/C29H31F2N5O3/c1-38-21-14-36(15-21)13-20-11-18(2-3-22(20)16-5-8-39-9-6-16)25-27(31)35-28(32)26(34-25)19-10-17-4-7-33-29(37)24(17)23(30)12-19/h2-3,10-12,16,21H,4-9,13-15H2,1H3,(H2,32,35)(H,33,37). The molecule has 2 fully saturated rings. The molecule has 2 saturated heterocycles. The zero-order valence-electron chi connectivity index (χ0n) is 21.8. The van der Waals surface area contributed by atoms with Gasteiger partial charge in [-0.2, -0.15) is 9.37 Å².